The average Bonchev–Trinajstić information content (AvgIpc) is 2.82. The lowest BCUT2D eigenvalue weighted by Gasteiger charge is -2.12. The summed E-state index contributed by atoms with van der Waals surface area (Å²) in [5.41, 5.74) is 0.463. The second-order valence-corrected chi connectivity index (χ2v) is 4.91. The standard InChI is InChI=1S/C13H14N2OS/c1-10(9-11-5-4-8-17-11)15-13(16)12-6-2-3-7-14-12/h2-8,10H,9H2,1H3,(H,15,16)/t10-/m1/s1. The van der Waals surface area contributed by atoms with E-state index >= 15 is 0 Å². The largest absolute Gasteiger partial charge is 0.348 e. The molecule has 2 aromatic rings. The van der Waals surface area contributed by atoms with Crippen molar-refractivity contribution >= 4 is 17.2 Å². The molecule has 0 fully saturated rings. The average molecular weight is 246 g/mol. The SMILES string of the molecule is C[C@H](Cc1cccs1)NC(=O)c1ccccn1. The summed E-state index contributed by atoms with van der Waals surface area (Å²) in [6.45, 7) is 2.00. The highest BCUT2D eigenvalue weighted by molar-refractivity contribution is 7.09. The number of pyridine rings is 1. The molecule has 0 radical (unpaired) electrons. The number of hydrogen-bond donors (Lipinski definition) is 1. The predicted octanol–water partition coefficient (Wildman–Crippen LogP) is 2.50. The van der Waals surface area contributed by atoms with Gasteiger partial charge in [-0.15, -0.1) is 11.3 Å². The van der Waals surface area contributed by atoms with Crippen LogP contribution in [0.25, 0.3) is 0 Å². The molecule has 1 N–H and O–H groups in total. The van der Waals surface area contributed by atoms with E-state index in [0.717, 1.165) is 6.42 Å². The van der Waals surface area contributed by atoms with Gasteiger partial charge in [-0.1, -0.05) is 12.1 Å². The Balaban J connectivity index is 1.91. The van der Waals surface area contributed by atoms with Gasteiger partial charge in [0.05, 0.1) is 0 Å². The minimum absolute atomic E-state index is 0.114. The number of carbonyl (C=O) groups excluding carboxylic acids is 1. The summed E-state index contributed by atoms with van der Waals surface area (Å²) in [5.74, 6) is -0.116. The van der Waals surface area contributed by atoms with Crippen molar-refractivity contribution in [3.63, 3.8) is 0 Å². The zero-order valence-corrected chi connectivity index (χ0v) is 10.4. The summed E-state index contributed by atoms with van der Waals surface area (Å²) < 4.78 is 0. The molecule has 0 unspecified atom stereocenters. The quantitative estimate of drug-likeness (QED) is 0.900. The van der Waals surface area contributed by atoms with E-state index in [-0.39, 0.29) is 11.9 Å². The van der Waals surface area contributed by atoms with E-state index in [0.29, 0.717) is 5.69 Å². The molecule has 0 aliphatic rings. The lowest BCUT2D eigenvalue weighted by Crippen LogP contribution is -2.34. The van der Waals surface area contributed by atoms with Gasteiger partial charge in [0.2, 0.25) is 0 Å². The van der Waals surface area contributed by atoms with E-state index in [9.17, 15) is 4.79 Å². The Morgan fingerprint density at radius 1 is 1.41 bits per heavy atom. The molecule has 0 saturated heterocycles. The van der Waals surface area contributed by atoms with Crippen LogP contribution in [0.1, 0.15) is 22.3 Å². The maximum Gasteiger partial charge on any atom is 0.270 e. The molecule has 0 aliphatic heterocycles. The minimum atomic E-state index is -0.116. The Bertz CT molecular complexity index is 467. The van der Waals surface area contributed by atoms with E-state index in [1.165, 1.54) is 4.88 Å². The molecule has 3 nitrogen and oxygen atoms in total. The molecular weight excluding hydrogens is 232 g/mol. The Morgan fingerprint density at radius 3 is 2.94 bits per heavy atom. The highest BCUT2D eigenvalue weighted by Gasteiger charge is 2.11. The summed E-state index contributed by atoms with van der Waals surface area (Å²) in [6.07, 6.45) is 2.48. The van der Waals surface area contributed by atoms with Gasteiger partial charge in [-0.05, 0) is 30.5 Å². The van der Waals surface area contributed by atoms with Gasteiger partial charge >= 0.3 is 0 Å². The normalized spacial score (nSPS) is 12.1. The molecular formula is C13H14N2OS. The number of hydrogen-bond acceptors (Lipinski definition) is 3. The van der Waals surface area contributed by atoms with Crippen LogP contribution >= 0.6 is 11.3 Å². The number of aromatic nitrogens is 1. The van der Waals surface area contributed by atoms with Gasteiger partial charge in [-0.3, -0.25) is 9.78 Å². The zero-order chi connectivity index (χ0) is 12.1. The van der Waals surface area contributed by atoms with Gasteiger partial charge in [0.1, 0.15) is 5.69 Å². The fourth-order valence-electron chi connectivity index (χ4n) is 1.58. The number of amides is 1. The zero-order valence-electron chi connectivity index (χ0n) is 9.59. The monoisotopic (exact) mass is 246 g/mol. The van der Waals surface area contributed by atoms with Gasteiger partial charge in [0, 0.05) is 23.5 Å². The first-order valence-electron chi connectivity index (χ1n) is 5.50. The second-order valence-electron chi connectivity index (χ2n) is 3.87. The van der Waals surface area contributed by atoms with Gasteiger partial charge in [0.15, 0.2) is 0 Å². The maximum atomic E-state index is 11.8. The van der Waals surface area contributed by atoms with Crippen LogP contribution in [0.4, 0.5) is 0 Å². The number of thiophene rings is 1. The third kappa shape index (κ3) is 3.39. The van der Waals surface area contributed by atoms with Crippen LogP contribution in [0.2, 0.25) is 0 Å². The molecule has 88 valence electrons. The van der Waals surface area contributed by atoms with Crippen LogP contribution < -0.4 is 5.32 Å². The second kappa shape index (κ2) is 5.59. The molecule has 17 heavy (non-hydrogen) atoms. The first kappa shape index (κ1) is 11.8. The number of nitrogens with zero attached hydrogens (tertiary/aromatic N) is 1. The summed E-state index contributed by atoms with van der Waals surface area (Å²) in [4.78, 5) is 17.1. The van der Waals surface area contributed by atoms with Crippen molar-refractivity contribution < 1.29 is 4.79 Å². The smallest absolute Gasteiger partial charge is 0.270 e. The Hall–Kier alpha value is -1.68. The van der Waals surface area contributed by atoms with Gasteiger partial charge in [0.25, 0.3) is 5.91 Å². The fourth-order valence-corrected chi connectivity index (χ4v) is 2.41. The third-order valence-electron chi connectivity index (χ3n) is 2.36. The van der Waals surface area contributed by atoms with Crippen molar-refractivity contribution in [2.24, 2.45) is 0 Å². The van der Waals surface area contributed by atoms with Crippen molar-refractivity contribution in [1.82, 2.24) is 10.3 Å². The van der Waals surface area contributed by atoms with Crippen molar-refractivity contribution in [3.05, 3.63) is 52.5 Å². The number of rotatable bonds is 4. The van der Waals surface area contributed by atoms with E-state index in [4.69, 9.17) is 0 Å². The molecule has 2 heterocycles. The molecule has 1 atom stereocenters. The topological polar surface area (TPSA) is 42.0 Å². The van der Waals surface area contributed by atoms with Crippen molar-refractivity contribution in [2.75, 3.05) is 0 Å². The highest BCUT2D eigenvalue weighted by Crippen LogP contribution is 2.11. The molecule has 1 amide bonds. The van der Waals surface area contributed by atoms with E-state index in [1.54, 1.807) is 29.7 Å². The van der Waals surface area contributed by atoms with E-state index in [2.05, 4.69) is 16.4 Å². The van der Waals surface area contributed by atoms with Crippen molar-refractivity contribution in [3.8, 4) is 0 Å². The van der Waals surface area contributed by atoms with Gasteiger partial charge < -0.3 is 5.32 Å². The van der Waals surface area contributed by atoms with Crippen molar-refractivity contribution in [2.45, 2.75) is 19.4 Å². The summed E-state index contributed by atoms with van der Waals surface area (Å²) in [7, 11) is 0. The fraction of sp³-hybridized carbons (Fsp3) is 0.231. The lowest BCUT2D eigenvalue weighted by molar-refractivity contribution is 0.0935. The minimum Gasteiger partial charge on any atom is -0.348 e. The van der Waals surface area contributed by atoms with Crippen LogP contribution in [-0.4, -0.2) is 16.9 Å². The molecule has 0 spiro atoms. The van der Waals surface area contributed by atoms with Crippen LogP contribution in [0.3, 0.4) is 0 Å². The predicted molar refractivity (Wildman–Crippen MR) is 69.2 cm³/mol. The molecule has 0 saturated carbocycles. The highest BCUT2D eigenvalue weighted by atomic mass is 32.1. The van der Waals surface area contributed by atoms with Crippen LogP contribution in [0, 0.1) is 0 Å². The van der Waals surface area contributed by atoms with Crippen molar-refractivity contribution in [1.29, 1.82) is 0 Å². The summed E-state index contributed by atoms with van der Waals surface area (Å²) in [5, 5.41) is 4.98. The molecule has 2 rings (SSSR count). The number of carbonyl (C=O) groups is 1. The van der Waals surface area contributed by atoms with Gasteiger partial charge in [-0.25, -0.2) is 0 Å². The van der Waals surface area contributed by atoms with Crippen LogP contribution in [-0.2, 0) is 6.42 Å². The Morgan fingerprint density at radius 2 is 2.29 bits per heavy atom. The molecule has 0 aromatic carbocycles. The first-order valence-corrected chi connectivity index (χ1v) is 6.38. The summed E-state index contributed by atoms with van der Waals surface area (Å²) in [6, 6.07) is 9.54. The molecule has 4 heteroatoms. The summed E-state index contributed by atoms with van der Waals surface area (Å²) >= 11 is 1.71. The van der Waals surface area contributed by atoms with Gasteiger partial charge in [-0.2, -0.15) is 0 Å². The first-order chi connectivity index (χ1) is 8.25. The molecule has 0 aliphatic carbocycles. The molecule has 2 aromatic heterocycles. The lowest BCUT2D eigenvalue weighted by atomic mass is 10.2. The maximum absolute atomic E-state index is 11.8. The van der Waals surface area contributed by atoms with Crippen LogP contribution in [0.5, 0.6) is 0 Å². The van der Waals surface area contributed by atoms with E-state index in [1.807, 2.05) is 24.4 Å². The third-order valence-corrected chi connectivity index (χ3v) is 3.26. The molecule has 0 bridgehead atoms. The Labute approximate surface area is 105 Å². The number of nitrogens with one attached hydrogen (secondary N) is 1. The van der Waals surface area contributed by atoms with E-state index < -0.39 is 0 Å². The van der Waals surface area contributed by atoms with Crippen LogP contribution in [0.15, 0.2) is 41.9 Å². The Kier molecular flexibility index (Phi) is 3.88.